The summed E-state index contributed by atoms with van der Waals surface area (Å²) in [5.41, 5.74) is -1.19. The normalized spacial score (nSPS) is 10.6. The number of nitrogens with one attached hydrogen (secondary N) is 1. The molecular formula is C21H12F3N3O. The molecule has 0 heterocycles. The molecule has 4 nitrogen and oxygen atoms in total. The van der Waals surface area contributed by atoms with Crippen LogP contribution in [0, 0.1) is 22.7 Å². The summed E-state index contributed by atoms with van der Waals surface area (Å²) < 4.78 is 45.1. The van der Waals surface area contributed by atoms with Crippen molar-refractivity contribution in [2.75, 3.05) is 5.32 Å². The monoisotopic (exact) mass is 379 g/mol. The van der Waals surface area contributed by atoms with Gasteiger partial charge in [-0.25, -0.2) is 0 Å². The third kappa shape index (κ3) is 4.05. The van der Waals surface area contributed by atoms with Gasteiger partial charge in [0.05, 0.1) is 11.3 Å². The summed E-state index contributed by atoms with van der Waals surface area (Å²) >= 11 is 0. The van der Waals surface area contributed by atoms with Gasteiger partial charge in [-0.3, -0.25) is 0 Å². The Morgan fingerprint density at radius 3 is 2.36 bits per heavy atom. The summed E-state index contributed by atoms with van der Waals surface area (Å²) in [5.74, 6) is 0.585. The van der Waals surface area contributed by atoms with Gasteiger partial charge in [-0.05, 0) is 29.7 Å². The SMILES string of the molecule is N#CC(C#N)=CNc1cc(C(F)(F)F)ccc1Oc1cccc2ccccc12. The lowest BCUT2D eigenvalue weighted by atomic mass is 10.1. The minimum Gasteiger partial charge on any atom is -0.455 e. The van der Waals surface area contributed by atoms with Gasteiger partial charge in [-0.15, -0.1) is 0 Å². The van der Waals surface area contributed by atoms with Gasteiger partial charge in [0, 0.05) is 11.6 Å². The molecule has 0 aliphatic heterocycles. The average molecular weight is 379 g/mol. The first kappa shape index (κ1) is 18.8. The van der Waals surface area contributed by atoms with E-state index < -0.39 is 11.7 Å². The Hall–Kier alpha value is -3.97. The molecule has 28 heavy (non-hydrogen) atoms. The first-order valence-electron chi connectivity index (χ1n) is 8.06. The van der Waals surface area contributed by atoms with Crippen molar-refractivity contribution < 1.29 is 17.9 Å². The molecule has 0 fully saturated rings. The van der Waals surface area contributed by atoms with E-state index in [0.717, 1.165) is 29.1 Å². The lowest BCUT2D eigenvalue weighted by molar-refractivity contribution is -0.137. The Bertz CT molecular complexity index is 1120. The standard InChI is InChI=1S/C21H12F3N3O/c22-21(23,24)16-8-9-20(18(10-16)27-13-14(11-25)12-26)28-19-7-3-5-15-4-1-2-6-17(15)19/h1-10,13,27H. The van der Waals surface area contributed by atoms with E-state index >= 15 is 0 Å². The first-order chi connectivity index (χ1) is 13.4. The number of nitriles is 2. The highest BCUT2D eigenvalue weighted by Crippen LogP contribution is 2.38. The van der Waals surface area contributed by atoms with Gasteiger partial charge in [-0.1, -0.05) is 36.4 Å². The number of anilines is 1. The van der Waals surface area contributed by atoms with E-state index in [0.29, 0.717) is 5.75 Å². The minimum absolute atomic E-state index is 0.0224. The topological polar surface area (TPSA) is 68.8 Å². The molecule has 3 aromatic rings. The van der Waals surface area contributed by atoms with Crippen molar-refractivity contribution in [3.8, 4) is 23.6 Å². The summed E-state index contributed by atoms with van der Waals surface area (Å²) in [7, 11) is 0. The maximum atomic E-state index is 13.1. The largest absolute Gasteiger partial charge is 0.455 e. The molecule has 7 heteroatoms. The second kappa shape index (κ2) is 7.73. The van der Waals surface area contributed by atoms with E-state index in [1.807, 2.05) is 30.3 Å². The van der Waals surface area contributed by atoms with Crippen molar-refractivity contribution >= 4 is 16.5 Å². The molecule has 0 atom stereocenters. The fourth-order valence-corrected chi connectivity index (χ4v) is 2.55. The summed E-state index contributed by atoms with van der Waals surface area (Å²) in [6.07, 6.45) is -3.52. The third-order valence-electron chi connectivity index (χ3n) is 3.89. The fraction of sp³-hybridized carbons (Fsp3) is 0.0476. The number of halogens is 3. The summed E-state index contributed by atoms with van der Waals surface area (Å²) in [4.78, 5) is 0. The molecule has 0 unspecified atom stereocenters. The van der Waals surface area contributed by atoms with Crippen LogP contribution in [0.15, 0.2) is 72.4 Å². The van der Waals surface area contributed by atoms with Crippen molar-refractivity contribution in [2.45, 2.75) is 6.18 Å². The molecule has 0 radical (unpaired) electrons. The molecule has 3 rings (SSSR count). The maximum absolute atomic E-state index is 13.1. The van der Waals surface area contributed by atoms with E-state index in [1.165, 1.54) is 6.07 Å². The molecule has 0 aromatic heterocycles. The van der Waals surface area contributed by atoms with Crippen molar-refractivity contribution in [2.24, 2.45) is 0 Å². The number of alkyl halides is 3. The van der Waals surface area contributed by atoms with Crippen LogP contribution in [0.3, 0.4) is 0 Å². The predicted octanol–water partition coefficient (Wildman–Crippen LogP) is 5.99. The molecule has 138 valence electrons. The van der Waals surface area contributed by atoms with Gasteiger partial charge >= 0.3 is 6.18 Å². The van der Waals surface area contributed by atoms with Gasteiger partial charge in [0.1, 0.15) is 23.5 Å². The van der Waals surface area contributed by atoms with Crippen LogP contribution >= 0.6 is 0 Å². The van der Waals surface area contributed by atoms with Gasteiger partial charge in [0.15, 0.2) is 5.75 Å². The zero-order valence-electron chi connectivity index (χ0n) is 14.3. The fourth-order valence-electron chi connectivity index (χ4n) is 2.55. The van der Waals surface area contributed by atoms with Crippen LogP contribution < -0.4 is 10.1 Å². The molecule has 1 N–H and O–H groups in total. The molecule has 0 spiro atoms. The van der Waals surface area contributed by atoms with Gasteiger partial charge in [-0.2, -0.15) is 23.7 Å². The summed E-state index contributed by atoms with van der Waals surface area (Å²) in [6.45, 7) is 0. The van der Waals surface area contributed by atoms with Crippen LogP contribution in [0.2, 0.25) is 0 Å². The summed E-state index contributed by atoms with van der Waals surface area (Å²) in [5, 5.41) is 21.9. The van der Waals surface area contributed by atoms with Crippen LogP contribution in [-0.4, -0.2) is 0 Å². The lowest BCUT2D eigenvalue weighted by Crippen LogP contribution is -2.06. The lowest BCUT2D eigenvalue weighted by Gasteiger charge is -2.15. The van der Waals surface area contributed by atoms with E-state index in [4.69, 9.17) is 15.3 Å². The number of allylic oxidation sites excluding steroid dienone is 1. The molecule has 0 saturated carbocycles. The Balaban J connectivity index is 2.05. The van der Waals surface area contributed by atoms with Crippen molar-refractivity contribution in [3.05, 3.63) is 78.0 Å². The quantitative estimate of drug-likeness (QED) is 0.565. The Morgan fingerprint density at radius 1 is 0.929 bits per heavy atom. The number of ether oxygens (including phenoxy) is 1. The summed E-state index contributed by atoms with van der Waals surface area (Å²) in [6, 6.07) is 19.0. The van der Waals surface area contributed by atoms with Crippen LogP contribution in [0.5, 0.6) is 11.5 Å². The maximum Gasteiger partial charge on any atom is 0.416 e. The van der Waals surface area contributed by atoms with Gasteiger partial charge in [0.25, 0.3) is 0 Å². The van der Waals surface area contributed by atoms with Crippen LogP contribution in [0.25, 0.3) is 10.8 Å². The van der Waals surface area contributed by atoms with Crippen LogP contribution in [0.1, 0.15) is 5.56 Å². The molecule has 0 amide bonds. The molecule has 0 aliphatic rings. The zero-order valence-corrected chi connectivity index (χ0v) is 14.3. The zero-order chi connectivity index (χ0) is 20.1. The number of hydrogen-bond acceptors (Lipinski definition) is 4. The van der Waals surface area contributed by atoms with Crippen molar-refractivity contribution in [1.29, 1.82) is 10.5 Å². The van der Waals surface area contributed by atoms with Gasteiger partial charge in [0.2, 0.25) is 0 Å². The highest BCUT2D eigenvalue weighted by atomic mass is 19.4. The number of benzene rings is 3. The van der Waals surface area contributed by atoms with Crippen molar-refractivity contribution in [3.63, 3.8) is 0 Å². The second-order valence-electron chi connectivity index (χ2n) is 5.71. The second-order valence-corrected chi connectivity index (χ2v) is 5.71. The minimum atomic E-state index is -4.55. The highest BCUT2D eigenvalue weighted by Gasteiger charge is 2.31. The van der Waals surface area contributed by atoms with Crippen LogP contribution in [0.4, 0.5) is 18.9 Å². The molecule has 0 bridgehead atoms. The Labute approximate surface area is 158 Å². The smallest absolute Gasteiger partial charge is 0.416 e. The number of hydrogen-bond donors (Lipinski definition) is 1. The van der Waals surface area contributed by atoms with E-state index in [1.54, 1.807) is 24.3 Å². The molecule has 0 saturated heterocycles. The number of fused-ring (bicyclic) bond motifs is 1. The molecular weight excluding hydrogens is 367 g/mol. The van der Waals surface area contributed by atoms with Crippen molar-refractivity contribution in [1.82, 2.24) is 0 Å². The Kier molecular flexibility index (Phi) is 5.19. The number of rotatable bonds is 4. The molecule has 0 aliphatic carbocycles. The van der Waals surface area contributed by atoms with Crippen LogP contribution in [-0.2, 0) is 6.18 Å². The third-order valence-corrected chi connectivity index (χ3v) is 3.89. The van der Waals surface area contributed by atoms with E-state index in [-0.39, 0.29) is 17.0 Å². The Morgan fingerprint density at radius 2 is 1.64 bits per heavy atom. The number of nitrogens with zero attached hydrogens (tertiary/aromatic N) is 2. The molecule has 3 aromatic carbocycles. The highest BCUT2D eigenvalue weighted by molar-refractivity contribution is 5.88. The van der Waals surface area contributed by atoms with E-state index in [9.17, 15) is 13.2 Å². The van der Waals surface area contributed by atoms with E-state index in [2.05, 4.69) is 5.32 Å². The average Bonchev–Trinajstić information content (AvgIpc) is 2.69. The first-order valence-corrected chi connectivity index (χ1v) is 8.06. The predicted molar refractivity (Wildman–Crippen MR) is 98.4 cm³/mol. The van der Waals surface area contributed by atoms with Gasteiger partial charge < -0.3 is 10.1 Å².